The first-order chi connectivity index (χ1) is 7.72. The van der Waals surface area contributed by atoms with Crippen LogP contribution in [0.3, 0.4) is 0 Å². The molecule has 16 heavy (non-hydrogen) atoms. The van der Waals surface area contributed by atoms with Gasteiger partial charge in [-0.15, -0.1) is 0 Å². The van der Waals surface area contributed by atoms with E-state index in [4.69, 9.17) is 0 Å². The predicted octanol–water partition coefficient (Wildman–Crippen LogP) is 3.56. The molecule has 0 bridgehead atoms. The number of aryl methyl sites for hydroxylation is 1. The Hall–Kier alpha value is -1.57. The highest BCUT2D eigenvalue weighted by Crippen LogP contribution is 2.18. The molecule has 2 heteroatoms. The van der Waals surface area contributed by atoms with Crippen molar-refractivity contribution in [1.82, 2.24) is 9.55 Å². The molecule has 2 aromatic rings. The largest absolute Gasteiger partial charge is 0.303 e. The minimum Gasteiger partial charge on any atom is -0.303 e. The van der Waals surface area contributed by atoms with Crippen molar-refractivity contribution in [3.05, 3.63) is 48.0 Å². The third-order valence-electron chi connectivity index (χ3n) is 2.74. The Balaban J connectivity index is 2.48. The van der Waals surface area contributed by atoms with Gasteiger partial charge in [-0.2, -0.15) is 0 Å². The number of aromatic nitrogens is 2. The van der Waals surface area contributed by atoms with Crippen molar-refractivity contribution < 1.29 is 0 Å². The molecule has 1 aromatic carbocycles. The predicted molar refractivity (Wildman–Crippen MR) is 67.0 cm³/mol. The molecule has 0 N–H and O–H groups in total. The van der Waals surface area contributed by atoms with Gasteiger partial charge in [0.1, 0.15) is 5.82 Å². The van der Waals surface area contributed by atoms with Crippen LogP contribution in [0.2, 0.25) is 0 Å². The fourth-order valence-corrected chi connectivity index (χ4v) is 1.78. The molecule has 0 amide bonds. The van der Waals surface area contributed by atoms with Gasteiger partial charge in [-0.3, -0.25) is 0 Å². The van der Waals surface area contributed by atoms with E-state index >= 15 is 0 Å². The Morgan fingerprint density at radius 2 is 1.88 bits per heavy atom. The maximum absolute atomic E-state index is 4.67. The zero-order valence-corrected chi connectivity index (χ0v) is 10.1. The van der Waals surface area contributed by atoms with Gasteiger partial charge in [0.05, 0.1) is 5.69 Å². The maximum atomic E-state index is 4.67. The van der Waals surface area contributed by atoms with E-state index < -0.39 is 0 Å². The quantitative estimate of drug-likeness (QED) is 0.764. The van der Waals surface area contributed by atoms with E-state index in [0.29, 0.717) is 5.92 Å². The van der Waals surface area contributed by atoms with Crippen molar-refractivity contribution in [2.24, 2.45) is 0 Å². The lowest BCUT2D eigenvalue weighted by Gasteiger charge is -2.05. The third kappa shape index (κ3) is 2.01. The molecule has 0 saturated heterocycles. The highest BCUT2D eigenvalue weighted by Gasteiger charge is 2.09. The van der Waals surface area contributed by atoms with Gasteiger partial charge in [0.15, 0.2) is 0 Å². The number of para-hydroxylation sites is 1. The Morgan fingerprint density at radius 1 is 1.19 bits per heavy atom. The van der Waals surface area contributed by atoms with Crippen LogP contribution in [-0.2, 0) is 6.42 Å². The topological polar surface area (TPSA) is 17.8 Å². The molecular formula is C14H18N2. The summed E-state index contributed by atoms with van der Waals surface area (Å²) in [5.74, 6) is 1.62. The molecule has 0 atom stereocenters. The van der Waals surface area contributed by atoms with Gasteiger partial charge in [-0.1, -0.05) is 39.0 Å². The normalized spacial score (nSPS) is 11.0. The first-order valence-electron chi connectivity index (χ1n) is 5.86. The summed E-state index contributed by atoms with van der Waals surface area (Å²) in [6.07, 6.45) is 3.11. The van der Waals surface area contributed by atoms with Crippen LogP contribution in [0.1, 0.15) is 38.2 Å². The standard InChI is InChI=1S/C14H18N2/c1-4-14-15-13(11(2)3)10-16(14)12-8-6-5-7-9-12/h5-11H,4H2,1-3H3. The Morgan fingerprint density at radius 3 is 2.44 bits per heavy atom. The molecule has 1 heterocycles. The molecule has 1 aromatic heterocycles. The summed E-state index contributed by atoms with van der Waals surface area (Å²) >= 11 is 0. The second-order valence-electron chi connectivity index (χ2n) is 4.30. The van der Waals surface area contributed by atoms with Gasteiger partial charge < -0.3 is 4.57 Å². The van der Waals surface area contributed by atoms with Crippen molar-refractivity contribution in [1.29, 1.82) is 0 Å². The monoisotopic (exact) mass is 214 g/mol. The van der Waals surface area contributed by atoms with Gasteiger partial charge in [-0.25, -0.2) is 4.98 Å². The van der Waals surface area contributed by atoms with Gasteiger partial charge in [0.25, 0.3) is 0 Å². The molecule has 0 unspecified atom stereocenters. The number of benzene rings is 1. The van der Waals surface area contributed by atoms with E-state index in [2.05, 4.69) is 60.8 Å². The van der Waals surface area contributed by atoms with Crippen LogP contribution < -0.4 is 0 Å². The molecule has 0 radical (unpaired) electrons. The number of imidazole rings is 1. The Bertz CT molecular complexity index is 455. The fourth-order valence-electron chi connectivity index (χ4n) is 1.78. The molecule has 84 valence electrons. The molecule has 0 aliphatic rings. The number of hydrogen-bond donors (Lipinski definition) is 0. The van der Waals surface area contributed by atoms with Crippen molar-refractivity contribution in [2.75, 3.05) is 0 Å². The zero-order valence-electron chi connectivity index (χ0n) is 10.1. The summed E-state index contributed by atoms with van der Waals surface area (Å²) in [6.45, 7) is 6.50. The number of hydrogen-bond acceptors (Lipinski definition) is 1. The first-order valence-corrected chi connectivity index (χ1v) is 5.86. The highest BCUT2D eigenvalue weighted by molar-refractivity contribution is 5.34. The third-order valence-corrected chi connectivity index (χ3v) is 2.74. The van der Waals surface area contributed by atoms with Crippen molar-refractivity contribution >= 4 is 0 Å². The van der Waals surface area contributed by atoms with Crippen LogP contribution >= 0.6 is 0 Å². The molecule has 2 nitrogen and oxygen atoms in total. The van der Waals surface area contributed by atoms with E-state index in [-0.39, 0.29) is 0 Å². The van der Waals surface area contributed by atoms with Gasteiger partial charge in [0, 0.05) is 18.3 Å². The maximum Gasteiger partial charge on any atom is 0.113 e. The van der Waals surface area contributed by atoms with Crippen LogP contribution in [0, 0.1) is 0 Å². The lowest BCUT2D eigenvalue weighted by molar-refractivity contribution is 0.822. The second kappa shape index (κ2) is 4.52. The molecule has 0 saturated carbocycles. The fraction of sp³-hybridized carbons (Fsp3) is 0.357. The van der Waals surface area contributed by atoms with Crippen molar-refractivity contribution in [3.63, 3.8) is 0 Å². The molecule has 0 fully saturated rings. The molecule has 2 rings (SSSR count). The van der Waals surface area contributed by atoms with Crippen LogP contribution in [0.15, 0.2) is 36.5 Å². The lowest BCUT2D eigenvalue weighted by Crippen LogP contribution is -1.97. The highest BCUT2D eigenvalue weighted by atomic mass is 15.1. The first kappa shape index (κ1) is 10.9. The van der Waals surface area contributed by atoms with Crippen molar-refractivity contribution in [2.45, 2.75) is 33.1 Å². The van der Waals surface area contributed by atoms with Crippen LogP contribution in [0.25, 0.3) is 5.69 Å². The van der Waals surface area contributed by atoms with Gasteiger partial charge in [-0.05, 0) is 18.1 Å². The molecule has 0 spiro atoms. The minimum absolute atomic E-state index is 0.482. The van der Waals surface area contributed by atoms with Gasteiger partial charge >= 0.3 is 0 Å². The van der Waals surface area contributed by atoms with Gasteiger partial charge in [0.2, 0.25) is 0 Å². The Kier molecular flexibility index (Phi) is 3.09. The molecular weight excluding hydrogens is 196 g/mol. The van der Waals surface area contributed by atoms with Crippen LogP contribution in [0.5, 0.6) is 0 Å². The lowest BCUT2D eigenvalue weighted by atomic mass is 10.2. The Labute approximate surface area is 97.0 Å². The number of nitrogens with zero attached hydrogens (tertiary/aromatic N) is 2. The second-order valence-corrected chi connectivity index (χ2v) is 4.30. The zero-order chi connectivity index (χ0) is 11.5. The van der Waals surface area contributed by atoms with E-state index in [1.54, 1.807) is 0 Å². The minimum atomic E-state index is 0.482. The van der Waals surface area contributed by atoms with Crippen molar-refractivity contribution in [3.8, 4) is 5.69 Å². The summed E-state index contributed by atoms with van der Waals surface area (Å²) in [4.78, 5) is 4.67. The average molecular weight is 214 g/mol. The summed E-state index contributed by atoms with van der Waals surface area (Å²) in [5, 5.41) is 0. The van der Waals surface area contributed by atoms with E-state index in [0.717, 1.165) is 12.2 Å². The summed E-state index contributed by atoms with van der Waals surface area (Å²) in [5.41, 5.74) is 2.36. The van der Waals surface area contributed by atoms with E-state index in [1.807, 2.05) is 6.07 Å². The van der Waals surface area contributed by atoms with Crippen LogP contribution in [0.4, 0.5) is 0 Å². The summed E-state index contributed by atoms with van der Waals surface area (Å²) in [7, 11) is 0. The molecule has 0 aliphatic heterocycles. The summed E-state index contributed by atoms with van der Waals surface area (Å²) in [6, 6.07) is 10.4. The van der Waals surface area contributed by atoms with Crippen LogP contribution in [-0.4, -0.2) is 9.55 Å². The number of rotatable bonds is 3. The summed E-state index contributed by atoms with van der Waals surface area (Å²) < 4.78 is 2.19. The average Bonchev–Trinajstić information content (AvgIpc) is 2.74. The smallest absolute Gasteiger partial charge is 0.113 e. The SMILES string of the molecule is CCc1nc(C(C)C)cn1-c1ccccc1. The molecule has 0 aliphatic carbocycles. The van der Waals surface area contributed by atoms with E-state index in [9.17, 15) is 0 Å². The van der Waals surface area contributed by atoms with E-state index in [1.165, 1.54) is 11.4 Å².